The number of aryl methyl sites for hydroxylation is 1. The van der Waals surface area contributed by atoms with Gasteiger partial charge < -0.3 is 35.0 Å². The molecule has 4 N–H and O–H groups in total. The van der Waals surface area contributed by atoms with Crippen molar-refractivity contribution in [3.05, 3.63) is 53.4 Å². The highest BCUT2D eigenvalue weighted by molar-refractivity contribution is 5.90. The van der Waals surface area contributed by atoms with Crippen molar-refractivity contribution in [3.63, 3.8) is 0 Å². The third kappa shape index (κ3) is 6.62. The van der Waals surface area contributed by atoms with E-state index in [4.69, 9.17) is 9.84 Å². The number of carbonyl (C=O) groups excluding carboxylic acids is 1. The molecule has 0 spiro atoms. The fourth-order valence-corrected chi connectivity index (χ4v) is 3.64. The van der Waals surface area contributed by atoms with Crippen LogP contribution in [0.25, 0.3) is 5.57 Å². The Bertz CT molecular complexity index is 1090. The van der Waals surface area contributed by atoms with Crippen molar-refractivity contribution in [2.24, 2.45) is 0 Å². The molecule has 35 heavy (non-hydrogen) atoms. The number of aliphatic hydroxyl groups is 3. The minimum Gasteiger partial charge on any atom is -0.493 e. The normalized spacial score (nSPS) is 15.8. The average molecular weight is 497 g/mol. The Morgan fingerprint density at radius 3 is 2.57 bits per heavy atom. The minimum atomic E-state index is -4.87. The van der Waals surface area contributed by atoms with Crippen molar-refractivity contribution >= 4 is 17.3 Å². The number of urea groups is 1. The molecule has 0 fully saturated rings. The van der Waals surface area contributed by atoms with Crippen molar-refractivity contribution in [3.8, 4) is 11.5 Å². The predicted molar refractivity (Wildman–Crippen MR) is 120 cm³/mol. The van der Waals surface area contributed by atoms with E-state index < -0.39 is 37.0 Å². The topological polar surface area (TPSA) is 124 Å². The van der Waals surface area contributed by atoms with E-state index in [9.17, 15) is 28.2 Å². The van der Waals surface area contributed by atoms with E-state index in [2.05, 4.69) is 15.0 Å². The van der Waals surface area contributed by atoms with Gasteiger partial charge in [0.1, 0.15) is 12.2 Å². The molecule has 0 saturated carbocycles. The van der Waals surface area contributed by atoms with Gasteiger partial charge in [0.05, 0.1) is 19.4 Å². The number of carbonyl (C=O) groups is 1. The third-order valence-electron chi connectivity index (χ3n) is 5.43. The molecule has 2 amide bonds. The molecule has 12 heteroatoms. The van der Waals surface area contributed by atoms with E-state index in [1.165, 1.54) is 30.3 Å². The van der Waals surface area contributed by atoms with Crippen LogP contribution in [0.1, 0.15) is 29.3 Å². The van der Waals surface area contributed by atoms with E-state index in [-0.39, 0.29) is 18.0 Å². The molecule has 1 aromatic heterocycles. The van der Waals surface area contributed by atoms with Crippen molar-refractivity contribution < 1.29 is 42.8 Å². The smallest absolute Gasteiger partial charge is 0.493 e. The first-order valence-corrected chi connectivity index (χ1v) is 10.6. The zero-order chi connectivity index (χ0) is 25.8. The number of halogens is 3. The second-order valence-electron chi connectivity index (χ2n) is 7.90. The minimum absolute atomic E-state index is 0.178. The Labute approximate surface area is 199 Å². The van der Waals surface area contributed by atoms with Gasteiger partial charge >= 0.3 is 12.4 Å². The van der Waals surface area contributed by atoms with E-state index in [1.807, 2.05) is 13.0 Å². The molecule has 2 atom stereocenters. The summed E-state index contributed by atoms with van der Waals surface area (Å²) in [5.74, 6) is -0.696. The first kappa shape index (κ1) is 26.3. The van der Waals surface area contributed by atoms with Gasteiger partial charge in [0.15, 0.2) is 11.5 Å². The molecule has 190 valence electrons. The van der Waals surface area contributed by atoms with Gasteiger partial charge in [-0.3, -0.25) is 4.98 Å². The molecule has 2 heterocycles. The van der Waals surface area contributed by atoms with E-state index in [0.717, 1.165) is 17.2 Å². The monoisotopic (exact) mass is 497 g/mol. The maximum atomic E-state index is 12.6. The number of methoxy groups -OCH3 is 1. The summed E-state index contributed by atoms with van der Waals surface area (Å²) in [5, 5.41) is 31.3. The van der Waals surface area contributed by atoms with Gasteiger partial charge in [-0.2, -0.15) is 0 Å². The number of nitrogens with one attached hydrogen (secondary N) is 1. The maximum absolute atomic E-state index is 12.6. The summed E-state index contributed by atoms with van der Waals surface area (Å²) in [4.78, 5) is 18.6. The molecule has 1 aromatic carbocycles. The maximum Gasteiger partial charge on any atom is 0.573 e. The van der Waals surface area contributed by atoms with Gasteiger partial charge in [0, 0.05) is 36.6 Å². The molecule has 0 aliphatic carbocycles. The second kappa shape index (κ2) is 10.9. The summed E-state index contributed by atoms with van der Waals surface area (Å²) < 4.78 is 46.3. The standard InChI is InChI=1S/C23H26F3N3O6/c1-13-9-15(21(32)17(31)12-30)11-27-20(13)14-5-7-29(8-6-14)22(33)28-16-3-4-18(19(10-16)34-2)35-23(24,25)26/h3-5,9-11,17,21,30-32H,6-8,12H2,1-2H3,(H,28,33)/t17-,21-/m0/s1. The molecule has 1 aliphatic rings. The highest BCUT2D eigenvalue weighted by Gasteiger charge is 2.32. The number of anilines is 1. The molecule has 0 saturated heterocycles. The third-order valence-corrected chi connectivity index (χ3v) is 5.43. The van der Waals surface area contributed by atoms with Crippen LogP contribution in [0.4, 0.5) is 23.7 Å². The quantitative estimate of drug-likeness (QED) is 0.464. The number of nitrogens with zero attached hydrogens (tertiary/aromatic N) is 2. The number of amides is 2. The fraction of sp³-hybridized carbons (Fsp3) is 0.391. The zero-order valence-corrected chi connectivity index (χ0v) is 19.0. The Morgan fingerprint density at radius 2 is 2.00 bits per heavy atom. The Hall–Kier alpha value is -3.35. The van der Waals surface area contributed by atoms with Crippen LogP contribution in [-0.4, -0.2) is 70.5 Å². The van der Waals surface area contributed by atoms with Gasteiger partial charge in [-0.25, -0.2) is 4.79 Å². The summed E-state index contributed by atoms with van der Waals surface area (Å²) in [6.07, 6.45) is -3.65. The lowest BCUT2D eigenvalue weighted by Crippen LogP contribution is -2.38. The SMILES string of the molecule is COc1cc(NC(=O)N2CC=C(c3ncc([C@H](O)[C@@H](O)CO)cc3C)CC2)ccc1OC(F)(F)F. The Kier molecular flexibility index (Phi) is 8.20. The lowest BCUT2D eigenvalue weighted by molar-refractivity contribution is -0.275. The summed E-state index contributed by atoms with van der Waals surface area (Å²) in [6.45, 7) is 1.88. The molecule has 2 aromatic rings. The van der Waals surface area contributed by atoms with Crippen molar-refractivity contribution in [1.82, 2.24) is 9.88 Å². The average Bonchev–Trinajstić information content (AvgIpc) is 2.83. The number of pyridine rings is 1. The van der Waals surface area contributed by atoms with Crippen LogP contribution >= 0.6 is 0 Å². The highest BCUT2D eigenvalue weighted by Crippen LogP contribution is 2.34. The number of benzene rings is 1. The van der Waals surface area contributed by atoms with Crippen molar-refractivity contribution in [1.29, 1.82) is 0 Å². The Balaban J connectivity index is 1.65. The first-order chi connectivity index (χ1) is 16.5. The number of ether oxygens (including phenoxy) is 2. The fourth-order valence-electron chi connectivity index (χ4n) is 3.64. The summed E-state index contributed by atoms with van der Waals surface area (Å²) in [6, 6.07) is 4.83. The van der Waals surface area contributed by atoms with Crippen molar-refractivity contribution in [2.45, 2.75) is 31.9 Å². The van der Waals surface area contributed by atoms with Crippen LogP contribution in [0.5, 0.6) is 11.5 Å². The van der Waals surface area contributed by atoms with Gasteiger partial charge in [-0.05, 0) is 42.7 Å². The molecule has 9 nitrogen and oxygen atoms in total. The number of hydrogen-bond acceptors (Lipinski definition) is 7. The summed E-state index contributed by atoms with van der Waals surface area (Å²) >= 11 is 0. The molecule has 1 aliphatic heterocycles. The first-order valence-electron chi connectivity index (χ1n) is 10.6. The molecule has 3 rings (SSSR count). The lowest BCUT2D eigenvalue weighted by atomic mass is 9.98. The molecule has 0 radical (unpaired) electrons. The van der Waals surface area contributed by atoms with Crippen LogP contribution in [0, 0.1) is 6.92 Å². The number of aromatic nitrogens is 1. The van der Waals surface area contributed by atoms with E-state index in [0.29, 0.717) is 24.2 Å². The second-order valence-corrected chi connectivity index (χ2v) is 7.90. The zero-order valence-electron chi connectivity index (χ0n) is 19.0. The number of aliphatic hydroxyl groups excluding tert-OH is 3. The van der Waals surface area contributed by atoms with Crippen LogP contribution in [0.3, 0.4) is 0 Å². The summed E-state index contributed by atoms with van der Waals surface area (Å²) in [7, 11) is 1.19. The van der Waals surface area contributed by atoms with E-state index in [1.54, 1.807) is 6.07 Å². The van der Waals surface area contributed by atoms with E-state index >= 15 is 0 Å². The van der Waals surface area contributed by atoms with Gasteiger partial charge in [0.2, 0.25) is 0 Å². The highest BCUT2D eigenvalue weighted by atomic mass is 19.4. The van der Waals surface area contributed by atoms with Crippen molar-refractivity contribution in [2.75, 3.05) is 32.1 Å². The summed E-state index contributed by atoms with van der Waals surface area (Å²) in [5.41, 5.74) is 3.00. The van der Waals surface area contributed by atoms with Gasteiger partial charge in [-0.1, -0.05) is 6.08 Å². The van der Waals surface area contributed by atoms with Crippen LogP contribution in [0.2, 0.25) is 0 Å². The van der Waals surface area contributed by atoms with Crippen LogP contribution in [0.15, 0.2) is 36.5 Å². The number of alkyl halides is 3. The lowest BCUT2D eigenvalue weighted by Gasteiger charge is -2.27. The number of hydrogen-bond donors (Lipinski definition) is 4. The predicted octanol–water partition coefficient (Wildman–Crippen LogP) is 3.01. The molecular weight excluding hydrogens is 471 g/mol. The molecule has 0 unspecified atom stereocenters. The molecule has 0 bridgehead atoms. The largest absolute Gasteiger partial charge is 0.573 e. The van der Waals surface area contributed by atoms with Gasteiger partial charge in [-0.15, -0.1) is 13.2 Å². The molecular formula is C23H26F3N3O6. The van der Waals surface area contributed by atoms with Gasteiger partial charge in [0.25, 0.3) is 0 Å². The number of rotatable bonds is 7. The van der Waals surface area contributed by atoms with Crippen LogP contribution < -0.4 is 14.8 Å². The Morgan fingerprint density at radius 1 is 1.26 bits per heavy atom. The van der Waals surface area contributed by atoms with Crippen LogP contribution in [-0.2, 0) is 0 Å².